The van der Waals surface area contributed by atoms with Gasteiger partial charge in [-0.1, -0.05) is 75.7 Å². The van der Waals surface area contributed by atoms with E-state index in [-0.39, 0.29) is 61.7 Å². The molecule has 6 N–H and O–H groups in total. The number of rotatable bonds is 23. The fourth-order valence-corrected chi connectivity index (χ4v) is 12.5. The lowest BCUT2D eigenvalue weighted by molar-refractivity contribution is -0.144. The van der Waals surface area contributed by atoms with Crippen molar-refractivity contribution in [3.8, 4) is 21.6 Å². The number of aryl methyl sites for hydroxylation is 3. The van der Waals surface area contributed by atoms with Crippen molar-refractivity contribution in [2.45, 2.75) is 144 Å². The monoisotopic (exact) mass is 1150 g/mol. The highest BCUT2D eigenvalue weighted by Crippen LogP contribution is 2.35. The van der Waals surface area contributed by atoms with Crippen LogP contribution in [0.1, 0.15) is 122 Å². The number of aromatic amines is 1. The Hall–Kier alpha value is -6.77. The van der Waals surface area contributed by atoms with Gasteiger partial charge in [-0.2, -0.15) is 0 Å². The fourth-order valence-electron chi connectivity index (χ4n) is 11.6. The maximum absolute atomic E-state index is 14.1. The lowest BCUT2D eigenvalue weighted by atomic mass is 9.85. The van der Waals surface area contributed by atoms with E-state index in [1.165, 1.54) is 10.5 Å². The van der Waals surface area contributed by atoms with E-state index in [0.29, 0.717) is 62.7 Å². The van der Waals surface area contributed by atoms with E-state index < -0.39 is 29.5 Å². The molecule has 0 unspecified atom stereocenters. The number of amides is 5. The lowest BCUT2D eigenvalue weighted by Gasteiger charge is -2.37. The summed E-state index contributed by atoms with van der Waals surface area (Å²) in [6.07, 6.45) is 3.29. The number of benzene rings is 3. The molecule has 5 amide bonds. The van der Waals surface area contributed by atoms with Crippen molar-refractivity contribution in [1.29, 1.82) is 0 Å². The number of nitrogens with one attached hydrogen (secondary N) is 5. The van der Waals surface area contributed by atoms with Crippen LogP contribution >= 0.6 is 11.3 Å². The van der Waals surface area contributed by atoms with Crippen LogP contribution in [0.4, 0.5) is 5.69 Å². The topological polar surface area (TPSA) is 222 Å². The Labute approximate surface area is 493 Å². The summed E-state index contributed by atoms with van der Waals surface area (Å²) in [4.78, 5) is 97.5. The molecule has 3 aromatic carbocycles. The highest BCUT2D eigenvalue weighted by atomic mass is 32.1. The highest BCUT2D eigenvalue weighted by molar-refractivity contribution is 7.13. The average Bonchev–Trinajstić information content (AvgIpc) is 4.22. The first-order valence-corrected chi connectivity index (χ1v) is 30.5. The van der Waals surface area contributed by atoms with Crippen LogP contribution in [0.2, 0.25) is 0 Å². The number of ether oxygens (including phenoxy) is 1. The molecule has 8 rings (SSSR count). The molecule has 5 heterocycles. The summed E-state index contributed by atoms with van der Waals surface area (Å²) in [5, 5.41) is 22.6. The largest absolute Gasteiger partial charge is 0.391 e. The van der Waals surface area contributed by atoms with Gasteiger partial charge in [0.15, 0.2) is 0 Å². The molecule has 0 spiro atoms. The van der Waals surface area contributed by atoms with Crippen molar-refractivity contribution >= 4 is 46.6 Å². The Morgan fingerprint density at radius 1 is 0.819 bits per heavy atom. The van der Waals surface area contributed by atoms with Crippen LogP contribution < -0.4 is 31.7 Å². The molecule has 5 aromatic rings. The van der Waals surface area contributed by atoms with Crippen molar-refractivity contribution in [2.24, 2.45) is 5.41 Å². The number of piperazine rings is 1. The lowest BCUT2D eigenvalue weighted by Crippen LogP contribution is -2.57. The molecule has 3 atom stereocenters. The van der Waals surface area contributed by atoms with Gasteiger partial charge in [0.05, 0.1) is 28.7 Å². The van der Waals surface area contributed by atoms with Crippen molar-refractivity contribution in [2.75, 3.05) is 70.5 Å². The molecule has 3 aliphatic heterocycles. The van der Waals surface area contributed by atoms with Crippen molar-refractivity contribution in [1.82, 2.24) is 45.9 Å². The summed E-state index contributed by atoms with van der Waals surface area (Å²) < 4.78 is 5.71. The average molecular weight is 1160 g/mol. The van der Waals surface area contributed by atoms with Crippen LogP contribution in [0, 0.1) is 33.1 Å². The molecule has 3 aliphatic rings. The number of pyridine rings is 1. The standard InChI is InChI=1S/C64H86N10O8S/c1-9-73(50-22-29-82-30-23-50)54-33-49(32-52(43(54)4)60(78)67-36-53-41(2)31-42(3)69-61(53)79)47-18-16-46(17-19-47)37-71-25-27-72(28-26-71)39-57(77)65-24-12-10-11-13-56(76)70-59(64(6,7)8)63(81)74-38-51(75)34-55(74)62(80)66-35-45-14-20-48(21-15-45)58-44(5)68-40-83-58/h14-21,31-33,40,50-51,55,59,75H,9-13,22-30,34-39H2,1-8H3,(H,65,77)(H,66,80)(H,67,78)(H,69,79)(H,70,76)/t51-,55+,59-/m1/s1. The molecule has 18 nitrogen and oxygen atoms in total. The Morgan fingerprint density at radius 3 is 2.17 bits per heavy atom. The number of H-pyrrole nitrogens is 1. The SMILES string of the molecule is CCN(c1cc(-c2ccc(CN3CCN(CC(=O)NCCCCCC(=O)N[C@H](C(=O)N4C[C@H](O)C[C@H]4C(=O)NCc4ccc(-c5scnc5C)cc4)C(C)(C)C)CC3)cc2)cc(C(=O)NCc2c(C)cc(C)[nH]c2=O)c1C)C1CCOCC1. The van der Waals surface area contributed by atoms with Gasteiger partial charge in [0, 0.05) is 120 Å². The van der Waals surface area contributed by atoms with Gasteiger partial charge in [-0.25, -0.2) is 4.98 Å². The normalized spacial score (nSPS) is 17.5. The molecule has 0 saturated carbocycles. The number of anilines is 1. The summed E-state index contributed by atoms with van der Waals surface area (Å²) >= 11 is 1.58. The predicted molar refractivity (Wildman–Crippen MR) is 326 cm³/mol. The zero-order chi connectivity index (χ0) is 59.4. The second-order valence-corrected chi connectivity index (χ2v) is 24.6. The Morgan fingerprint density at radius 2 is 1.51 bits per heavy atom. The zero-order valence-corrected chi connectivity index (χ0v) is 50.6. The smallest absolute Gasteiger partial charge is 0.253 e. The molecule has 0 aliphatic carbocycles. The van der Waals surface area contributed by atoms with E-state index in [1.54, 1.807) is 11.3 Å². The number of nitrogens with zero attached hydrogens (tertiary/aromatic N) is 5. The molecule has 446 valence electrons. The number of carbonyl (C=O) groups is 5. The molecule has 83 heavy (non-hydrogen) atoms. The van der Waals surface area contributed by atoms with Gasteiger partial charge in [0.2, 0.25) is 23.6 Å². The van der Waals surface area contributed by atoms with Gasteiger partial charge >= 0.3 is 0 Å². The second-order valence-electron chi connectivity index (χ2n) is 23.8. The summed E-state index contributed by atoms with van der Waals surface area (Å²) in [6, 6.07) is 21.1. The quantitative estimate of drug-likeness (QED) is 0.0367. The predicted octanol–water partition coefficient (Wildman–Crippen LogP) is 6.94. The number of hydrogen-bond donors (Lipinski definition) is 6. The first-order chi connectivity index (χ1) is 39.8. The van der Waals surface area contributed by atoms with Crippen LogP contribution in [-0.2, 0) is 43.5 Å². The molecule has 3 fully saturated rings. The van der Waals surface area contributed by atoms with E-state index >= 15 is 0 Å². The van der Waals surface area contributed by atoms with Gasteiger partial charge in [0.25, 0.3) is 11.5 Å². The van der Waals surface area contributed by atoms with E-state index in [0.717, 1.165) is 107 Å². The van der Waals surface area contributed by atoms with Crippen LogP contribution in [0.3, 0.4) is 0 Å². The van der Waals surface area contributed by atoms with Crippen LogP contribution in [-0.4, -0.2) is 149 Å². The number of thiazole rings is 1. The summed E-state index contributed by atoms with van der Waals surface area (Å²) in [5.74, 6) is -1.27. The minimum absolute atomic E-state index is 0.00351. The second kappa shape index (κ2) is 28.7. The van der Waals surface area contributed by atoms with Gasteiger partial charge in [0.1, 0.15) is 12.1 Å². The van der Waals surface area contributed by atoms with E-state index in [2.05, 4.69) is 83.2 Å². The Balaban J connectivity index is 0.753. The van der Waals surface area contributed by atoms with Gasteiger partial charge in [-0.3, -0.25) is 38.6 Å². The number of aliphatic hydroxyl groups excluding tert-OH is 1. The van der Waals surface area contributed by atoms with Gasteiger partial charge in [-0.15, -0.1) is 11.3 Å². The van der Waals surface area contributed by atoms with E-state index in [4.69, 9.17) is 4.74 Å². The van der Waals surface area contributed by atoms with Gasteiger partial charge < -0.3 is 45.9 Å². The molecule has 19 heteroatoms. The summed E-state index contributed by atoms with van der Waals surface area (Å²) in [6.45, 7) is 22.9. The minimum atomic E-state index is -0.903. The third-order valence-corrected chi connectivity index (χ3v) is 17.4. The Kier molecular flexibility index (Phi) is 21.5. The van der Waals surface area contributed by atoms with E-state index in [9.17, 15) is 33.9 Å². The highest BCUT2D eigenvalue weighted by Gasteiger charge is 2.44. The molecule has 3 saturated heterocycles. The molecule has 2 aromatic heterocycles. The van der Waals surface area contributed by atoms with Gasteiger partial charge in [-0.05, 0) is 123 Å². The third kappa shape index (κ3) is 16.5. The first kappa shape index (κ1) is 62.3. The maximum atomic E-state index is 14.1. The number of carbonyl (C=O) groups excluding carboxylic acids is 5. The Bertz CT molecular complexity index is 3100. The van der Waals surface area contributed by atoms with Crippen molar-refractivity contribution < 1.29 is 33.8 Å². The molecule has 0 bridgehead atoms. The molecular weight excluding hydrogens is 1070 g/mol. The number of likely N-dealkylation sites (tertiary alicyclic amines) is 1. The molecular formula is C64H86N10O8S. The van der Waals surface area contributed by atoms with Crippen LogP contribution in [0.15, 0.2) is 77.0 Å². The first-order valence-electron chi connectivity index (χ1n) is 29.6. The van der Waals surface area contributed by atoms with Crippen molar-refractivity contribution in [3.05, 3.63) is 127 Å². The summed E-state index contributed by atoms with van der Waals surface area (Å²) in [7, 11) is 0. The number of hydrogen-bond acceptors (Lipinski definition) is 13. The number of aromatic nitrogens is 2. The number of unbranched alkanes of at least 4 members (excludes halogenated alkanes) is 2. The number of β-amino-alcohol motifs (C(OH)–C–C–N with tert-alkyl or cyclic N) is 1. The van der Waals surface area contributed by atoms with Crippen molar-refractivity contribution in [3.63, 3.8) is 0 Å². The maximum Gasteiger partial charge on any atom is 0.253 e. The van der Waals surface area contributed by atoms with E-state index in [1.807, 2.05) is 90.4 Å². The summed E-state index contributed by atoms with van der Waals surface area (Å²) in [5.41, 5.74) is 11.7. The fraction of sp³-hybridized carbons (Fsp3) is 0.516. The minimum Gasteiger partial charge on any atom is -0.391 e. The third-order valence-electron chi connectivity index (χ3n) is 16.5. The number of aliphatic hydroxyl groups is 1. The van der Waals surface area contributed by atoms with Crippen LogP contribution in [0.5, 0.6) is 0 Å². The zero-order valence-electron chi connectivity index (χ0n) is 49.8. The molecule has 0 radical (unpaired) electrons. The van der Waals surface area contributed by atoms with Crippen LogP contribution in [0.25, 0.3) is 21.6 Å².